The number of halogens is 1. The van der Waals surface area contributed by atoms with Crippen LogP contribution in [0.4, 0.5) is 4.39 Å². The summed E-state index contributed by atoms with van der Waals surface area (Å²) in [6.45, 7) is 6.03. The van der Waals surface area contributed by atoms with Crippen LogP contribution in [0.15, 0.2) is 18.2 Å². The molecular formula is C16H24FNO2. The third-order valence-corrected chi connectivity index (χ3v) is 4.16. The lowest BCUT2D eigenvalue weighted by Crippen LogP contribution is -2.38. The van der Waals surface area contributed by atoms with Gasteiger partial charge in [0.2, 0.25) is 0 Å². The van der Waals surface area contributed by atoms with Gasteiger partial charge >= 0.3 is 0 Å². The Morgan fingerprint density at radius 3 is 2.65 bits per heavy atom. The van der Waals surface area contributed by atoms with Crippen molar-refractivity contribution in [2.45, 2.75) is 38.8 Å². The van der Waals surface area contributed by atoms with Gasteiger partial charge in [0.15, 0.2) is 11.6 Å². The summed E-state index contributed by atoms with van der Waals surface area (Å²) in [5.41, 5.74) is 1.04. The molecule has 0 aliphatic carbocycles. The Balaban J connectivity index is 1.98. The third-order valence-electron chi connectivity index (χ3n) is 4.16. The smallest absolute Gasteiger partial charge is 0.165 e. The summed E-state index contributed by atoms with van der Waals surface area (Å²) in [4.78, 5) is 0. The van der Waals surface area contributed by atoms with Crippen LogP contribution < -0.4 is 10.1 Å². The zero-order valence-electron chi connectivity index (χ0n) is 12.5. The van der Waals surface area contributed by atoms with Crippen LogP contribution in [0, 0.1) is 11.7 Å². The van der Waals surface area contributed by atoms with Crippen molar-refractivity contribution in [1.29, 1.82) is 0 Å². The van der Waals surface area contributed by atoms with E-state index in [1.807, 2.05) is 6.07 Å². The average Bonchev–Trinajstić information content (AvgIpc) is 2.48. The van der Waals surface area contributed by atoms with Gasteiger partial charge in [0.25, 0.3) is 0 Å². The lowest BCUT2D eigenvalue weighted by atomic mass is 9.92. The summed E-state index contributed by atoms with van der Waals surface area (Å²) >= 11 is 0. The lowest BCUT2D eigenvalue weighted by molar-refractivity contribution is 0.0547. The molecule has 1 aromatic carbocycles. The standard InChI is InChI=1S/C16H24FNO2/c1-11(13-6-8-20-9-7-13)18-12(2)14-4-5-15(17)16(10-14)19-3/h4-5,10-13,18H,6-9H2,1-3H3. The molecule has 1 aliphatic rings. The van der Waals surface area contributed by atoms with Gasteiger partial charge in [0.1, 0.15) is 0 Å². The quantitative estimate of drug-likeness (QED) is 0.898. The topological polar surface area (TPSA) is 30.5 Å². The molecule has 0 saturated carbocycles. The maximum absolute atomic E-state index is 13.4. The average molecular weight is 281 g/mol. The van der Waals surface area contributed by atoms with Gasteiger partial charge < -0.3 is 14.8 Å². The van der Waals surface area contributed by atoms with E-state index in [1.54, 1.807) is 6.07 Å². The van der Waals surface area contributed by atoms with Crippen molar-refractivity contribution in [1.82, 2.24) is 5.32 Å². The van der Waals surface area contributed by atoms with Gasteiger partial charge in [0, 0.05) is 25.3 Å². The van der Waals surface area contributed by atoms with E-state index < -0.39 is 0 Å². The molecule has 1 N–H and O–H groups in total. The number of methoxy groups -OCH3 is 1. The van der Waals surface area contributed by atoms with E-state index in [9.17, 15) is 4.39 Å². The Hall–Kier alpha value is -1.13. The van der Waals surface area contributed by atoms with Crippen LogP contribution in [-0.2, 0) is 4.74 Å². The fraction of sp³-hybridized carbons (Fsp3) is 0.625. The minimum Gasteiger partial charge on any atom is -0.494 e. The molecular weight excluding hydrogens is 257 g/mol. The van der Waals surface area contributed by atoms with Crippen LogP contribution >= 0.6 is 0 Å². The molecule has 2 atom stereocenters. The van der Waals surface area contributed by atoms with Gasteiger partial charge in [-0.3, -0.25) is 0 Å². The summed E-state index contributed by atoms with van der Waals surface area (Å²) in [5, 5.41) is 3.60. The molecule has 20 heavy (non-hydrogen) atoms. The molecule has 1 aromatic rings. The fourth-order valence-corrected chi connectivity index (χ4v) is 2.79. The highest BCUT2D eigenvalue weighted by Crippen LogP contribution is 2.25. The summed E-state index contributed by atoms with van der Waals surface area (Å²) in [7, 11) is 1.49. The predicted octanol–water partition coefficient (Wildman–Crippen LogP) is 3.30. The molecule has 4 heteroatoms. The van der Waals surface area contributed by atoms with Crippen molar-refractivity contribution < 1.29 is 13.9 Å². The van der Waals surface area contributed by atoms with Crippen LogP contribution in [0.5, 0.6) is 5.75 Å². The maximum atomic E-state index is 13.4. The maximum Gasteiger partial charge on any atom is 0.165 e. The molecule has 1 saturated heterocycles. The van der Waals surface area contributed by atoms with E-state index >= 15 is 0 Å². The number of rotatable bonds is 5. The fourth-order valence-electron chi connectivity index (χ4n) is 2.79. The minimum atomic E-state index is -0.319. The van der Waals surface area contributed by atoms with E-state index in [0.29, 0.717) is 17.7 Å². The van der Waals surface area contributed by atoms with Crippen molar-refractivity contribution >= 4 is 0 Å². The van der Waals surface area contributed by atoms with Gasteiger partial charge in [-0.25, -0.2) is 4.39 Å². The molecule has 1 heterocycles. The summed E-state index contributed by atoms with van der Waals surface area (Å²) < 4.78 is 23.9. The molecule has 0 spiro atoms. The van der Waals surface area contributed by atoms with Crippen LogP contribution in [0.3, 0.4) is 0 Å². The summed E-state index contributed by atoms with van der Waals surface area (Å²) in [6, 6.07) is 5.63. The molecule has 0 amide bonds. The SMILES string of the molecule is COc1cc(C(C)NC(C)C2CCOCC2)ccc1F. The highest BCUT2D eigenvalue weighted by Gasteiger charge is 2.22. The van der Waals surface area contributed by atoms with Gasteiger partial charge in [-0.2, -0.15) is 0 Å². The summed E-state index contributed by atoms with van der Waals surface area (Å²) in [5.74, 6) is 0.629. The predicted molar refractivity (Wildman–Crippen MR) is 77.5 cm³/mol. The van der Waals surface area contributed by atoms with Gasteiger partial charge in [-0.1, -0.05) is 6.07 Å². The normalized spacial score (nSPS) is 19.6. The zero-order chi connectivity index (χ0) is 14.5. The number of hydrogen-bond acceptors (Lipinski definition) is 3. The lowest BCUT2D eigenvalue weighted by Gasteiger charge is -2.31. The largest absolute Gasteiger partial charge is 0.494 e. The van der Waals surface area contributed by atoms with Crippen LogP contribution in [0.2, 0.25) is 0 Å². The molecule has 112 valence electrons. The number of ether oxygens (including phenoxy) is 2. The van der Waals surface area contributed by atoms with E-state index in [-0.39, 0.29) is 11.9 Å². The molecule has 3 nitrogen and oxygen atoms in total. The van der Waals surface area contributed by atoms with E-state index in [0.717, 1.165) is 31.6 Å². The summed E-state index contributed by atoms with van der Waals surface area (Å²) in [6.07, 6.45) is 2.21. The first-order valence-electron chi connectivity index (χ1n) is 7.29. The number of hydrogen-bond donors (Lipinski definition) is 1. The molecule has 1 fully saturated rings. The molecule has 1 aliphatic heterocycles. The van der Waals surface area contributed by atoms with Crippen molar-refractivity contribution in [2.75, 3.05) is 20.3 Å². The van der Waals surface area contributed by atoms with E-state index in [2.05, 4.69) is 19.2 Å². The Bertz CT molecular complexity index is 432. The van der Waals surface area contributed by atoms with Crippen LogP contribution in [0.1, 0.15) is 38.3 Å². The van der Waals surface area contributed by atoms with Crippen molar-refractivity contribution in [3.05, 3.63) is 29.6 Å². The second-order valence-electron chi connectivity index (χ2n) is 5.52. The molecule has 0 bridgehead atoms. The Morgan fingerprint density at radius 2 is 2.00 bits per heavy atom. The highest BCUT2D eigenvalue weighted by molar-refractivity contribution is 5.32. The highest BCUT2D eigenvalue weighted by atomic mass is 19.1. The third kappa shape index (κ3) is 3.70. The molecule has 2 unspecified atom stereocenters. The van der Waals surface area contributed by atoms with Crippen molar-refractivity contribution in [3.63, 3.8) is 0 Å². The molecule has 0 radical (unpaired) electrons. The Morgan fingerprint density at radius 1 is 1.30 bits per heavy atom. The van der Waals surface area contributed by atoms with Gasteiger partial charge in [0.05, 0.1) is 7.11 Å². The van der Waals surface area contributed by atoms with E-state index in [1.165, 1.54) is 13.2 Å². The minimum absolute atomic E-state index is 0.169. The first-order chi connectivity index (χ1) is 9.61. The van der Waals surface area contributed by atoms with Gasteiger partial charge in [-0.15, -0.1) is 0 Å². The second kappa shape index (κ2) is 7.04. The Labute approximate surface area is 120 Å². The number of nitrogens with one attached hydrogen (secondary N) is 1. The van der Waals surface area contributed by atoms with Crippen molar-refractivity contribution in [3.8, 4) is 5.75 Å². The Kier molecular flexibility index (Phi) is 5.38. The molecule has 2 rings (SSSR count). The van der Waals surface area contributed by atoms with Crippen LogP contribution in [-0.4, -0.2) is 26.4 Å². The number of benzene rings is 1. The first-order valence-corrected chi connectivity index (χ1v) is 7.29. The zero-order valence-corrected chi connectivity index (χ0v) is 12.5. The monoisotopic (exact) mass is 281 g/mol. The van der Waals surface area contributed by atoms with Crippen LogP contribution in [0.25, 0.3) is 0 Å². The molecule has 0 aromatic heterocycles. The van der Waals surface area contributed by atoms with Gasteiger partial charge in [-0.05, 0) is 50.3 Å². The van der Waals surface area contributed by atoms with Crippen molar-refractivity contribution in [2.24, 2.45) is 5.92 Å². The first kappa shape index (κ1) is 15.3. The second-order valence-corrected chi connectivity index (χ2v) is 5.52. The van der Waals surface area contributed by atoms with E-state index in [4.69, 9.17) is 9.47 Å².